The number of methoxy groups -OCH3 is 1. The Morgan fingerprint density at radius 1 is 0.872 bits per heavy atom. The average molecular weight is 528 g/mol. The van der Waals surface area contributed by atoms with Crippen molar-refractivity contribution in [2.75, 3.05) is 24.4 Å². The molecule has 39 heavy (non-hydrogen) atoms. The smallest absolute Gasteiger partial charge is 0.325 e. The molecule has 4 rings (SSSR count). The lowest BCUT2D eigenvalue weighted by molar-refractivity contribution is -0.134. The number of rotatable bonds is 10. The number of carbonyl (C=O) groups is 2. The maximum absolute atomic E-state index is 12.7. The number of nitrogens with two attached hydrogens (primary N) is 1. The first-order valence-corrected chi connectivity index (χ1v) is 12.3. The Balaban J connectivity index is 1.36. The molecule has 0 radical (unpaired) electrons. The number of urea groups is 1. The summed E-state index contributed by atoms with van der Waals surface area (Å²) in [6.45, 7) is 2.37. The van der Waals surface area contributed by atoms with E-state index in [1.165, 1.54) is 7.11 Å². The Morgan fingerprint density at radius 3 is 2.36 bits per heavy atom. The van der Waals surface area contributed by atoms with Crippen LogP contribution in [-0.2, 0) is 4.79 Å². The van der Waals surface area contributed by atoms with Crippen LogP contribution in [0.1, 0.15) is 24.9 Å². The van der Waals surface area contributed by atoms with Gasteiger partial charge in [0.05, 0.1) is 31.5 Å². The molecule has 1 atom stereocenters. The van der Waals surface area contributed by atoms with E-state index in [4.69, 9.17) is 19.9 Å². The van der Waals surface area contributed by atoms with Gasteiger partial charge in [0.2, 0.25) is 0 Å². The normalized spacial score (nSPS) is 11.3. The second-order valence-electron chi connectivity index (χ2n) is 8.37. The number of aromatic nitrogens is 2. The number of ether oxygens (including phenoxy) is 3. The number of nitrogens with one attached hydrogen (secondary N) is 2. The van der Waals surface area contributed by atoms with E-state index in [0.717, 1.165) is 5.56 Å². The Hall–Kier alpha value is -4.96. The summed E-state index contributed by atoms with van der Waals surface area (Å²) in [4.78, 5) is 25.3. The van der Waals surface area contributed by atoms with Crippen molar-refractivity contribution in [2.45, 2.75) is 19.4 Å². The quantitative estimate of drug-likeness (QED) is 0.189. The zero-order valence-electron chi connectivity index (χ0n) is 21.6. The fourth-order valence-electron chi connectivity index (χ4n) is 3.74. The summed E-state index contributed by atoms with van der Waals surface area (Å²) in [5.41, 5.74) is 8.85. The summed E-state index contributed by atoms with van der Waals surface area (Å²) in [6, 6.07) is 23.6. The van der Waals surface area contributed by atoms with Crippen molar-refractivity contribution in [3.63, 3.8) is 0 Å². The zero-order chi connectivity index (χ0) is 27.6. The molecule has 0 bridgehead atoms. The van der Waals surface area contributed by atoms with Crippen LogP contribution in [-0.4, -0.2) is 35.9 Å². The van der Waals surface area contributed by atoms with E-state index in [-0.39, 0.29) is 18.0 Å². The third-order valence-corrected chi connectivity index (χ3v) is 5.64. The van der Waals surface area contributed by atoms with Gasteiger partial charge in [-0.25, -0.2) is 4.79 Å². The van der Waals surface area contributed by atoms with E-state index >= 15 is 0 Å². The summed E-state index contributed by atoms with van der Waals surface area (Å²) in [5, 5.41) is 13.5. The molecule has 1 heterocycles. The van der Waals surface area contributed by atoms with Crippen molar-refractivity contribution in [3.05, 3.63) is 90.5 Å². The van der Waals surface area contributed by atoms with Crippen LogP contribution in [0.2, 0.25) is 0 Å². The monoisotopic (exact) mass is 527 g/mol. The molecular weight excluding hydrogens is 498 g/mol. The second-order valence-corrected chi connectivity index (χ2v) is 8.37. The average Bonchev–Trinajstić information content (AvgIpc) is 2.95. The zero-order valence-corrected chi connectivity index (χ0v) is 21.6. The topological polar surface area (TPSA) is 138 Å². The highest BCUT2D eigenvalue weighted by molar-refractivity contribution is 6.00. The predicted molar refractivity (Wildman–Crippen MR) is 148 cm³/mol. The second kappa shape index (κ2) is 13.0. The highest BCUT2D eigenvalue weighted by Gasteiger charge is 2.18. The van der Waals surface area contributed by atoms with Gasteiger partial charge in [-0.15, -0.1) is 10.2 Å². The van der Waals surface area contributed by atoms with Gasteiger partial charge in [-0.1, -0.05) is 48.5 Å². The van der Waals surface area contributed by atoms with Crippen LogP contribution in [0.5, 0.6) is 17.2 Å². The molecule has 1 aromatic heterocycles. The van der Waals surface area contributed by atoms with Crippen LogP contribution >= 0.6 is 0 Å². The van der Waals surface area contributed by atoms with Crippen LogP contribution in [0.25, 0.3) is 11.3 Å². The number of anilines is 2. The number of hydrogen-bond acceptors (Lipinski definition) is 8. The molecule has 10 heteroatoms. The van der Waals surface area contributed by atoms with E-state index in [1.54, 1.807) is 54.6 Å². The van der Waals surface area contributed by atoms with Crippen molar-refractivity contribution >= 4 is 23.5 Å². The molecule has 0 fully saturated rings. The molecule has 2 amide bonds. The summed E-state index contributed by atoms with van der Waals surface area (Å²) >= 11 is 0. The number of benzene rings is 3. The maximum Gasteiger partial charge on any atom is 0.325 e. The molecule has 4 N–H and O–H groups in total. The molecule has 10 nitrogen and oxygen atoms in total. The molecule has 0 saturated carbocycles. The van der Waals surface area contributed by atoms with Gasteiger partial charge in [-0.3, -0.25) is 10.1 Å². The lowest BCUT2D eigenvalue weighted by Crippen LogP contribution is -2.22. The van der Waals surface area contributed by atoms with E-state index < -0.39 is 18.0 Å². The van der Waals surface area contributed by atoms with Gasteiger partial charge in [-0.05, 0) is 48.9 Å². The van der Waals surface area contributed by atoms with Gasteiger partial charge >= 0.3 is 12.0 Å². The molecule has 1 unspecified atom stereocenters. The van der Waals surface area contributed by atoms with Gasteiger partial charge in [0, 0.05) is 11.6 Å². The first-order chi connectivity index (χ1) is 19.0. The molecule has 200 valence electrons. The van der Waals surface area contributed by atoms with Gasteiger partial charge in [-0.2, -0.15) is 0 Å². The van der Waals surface area contributed by atoms with Crippen LogP contribution in [0.15, 0.2) is 84.9 Å². The number of para-hydroxylation sites is 2. The van der Waals surface area contributed by atoms with Crippen molar-refractivity contribution in [1.82, 2.24) is 10.2 Å². The van der Waals surface area contributed by atoms with Gasteiger partial charge in [0.25, 0.3) is 0 Å². The number of hydrogen-bond donors (Lipinski definition) is 3. The largest absolute Gasteiger partial charge is 0.493 e. The minimum atomic E-state index is -0.636. The van der Waals surface area contributed by atoms with Gasteiger partial charge < -0.3 is 25.3 Å². The lowest BCUT2D eigenvalue weighted by atomic mass is 10.0. The minimum Gasteiger partial charge on any atom is -0.493 e. The summed E-state index contributed by atoms with van der Waals surface area (Å²) < 4.78 is 16.4. The van der Waals surface area contributed by atoms with Crippen molar-refractivity contribution in [3.8, 4) is 28.5 Å². The van der Waals surface area contributed by atoms with E-state index in [0.29, 0.717) is 35.1 Å². The Morgan fingerprint density at radius 2 is 1.64 bits per heavy atom. The lowest BCUT2D eigenvalue weighted by Gasteiger charge is -2.16. The summed E-state index contributed by atoms with van der Waals surface area (Å²) in [6.07, 6.45) is -0.0962. The van der Waals surface area contributed by atoms with Crippen LogP contribution in [0.3, 0.4) is 0 Å². The maximum atomic E-state index is 12.7. The Labute approximate surface area is 226 Å². The van der Waals surface area contributed by atoms with Gasteiger partial charge in [0.15, 0.2) is 23.1 Å². The first-order valence-electron chi connectivity index (χ1n) is 12.3. The fourth-order valence-corrected chi connectivity index (χ4v) is 3.74. The highest BCUT2D eigenvalue weighted by atomic mass is 16.5. The van der Waals surface area contributed by atoms with Crippen LogP contribution in [0.4, 0.5) is 16.3 Å². The summed E-state index contributed by atoms with van der Waals surface area (Å²) in [5.74, 6) is 0.999. The minimum absolute atomic E-state index is 0.0962. The summed E-state index contributed by atoms with van der Waals surface area (Å²) in [7, 11) is 1.54. The van der Waals surface area contributed by atoms with Gasteiger partial charge in [0.1, 0.15) is 0 Å². The molecule has 0 aliphatic heterocycles. The predicted octanol–water partition coefficient (Wildman–Crippen LogP) is 5.19. The van der Waals surface area contributed by atoms with Crippen molar-refractivity contribution < 1.29 is 23.8 Å². The SMILES string of the molecule is CCOc1ccc(C(N)CC(=O)Oc2ccccc2NC(=O)Nc2ccc(-c3ccccc3)nn2)cc1OC. The first kappa shape index (κ1) is 27.1. The number of esters is 1. The Bertz CT molecular complexity index is 1410. The third kappa shape index (κ3) is 7.30. The van der Waals surface area contributed by atoms with Crippen LogP contribution in [0, 0.1) is 0 Å². The molecule has 3 aromatic carbocycles. The molecule has 0 saturated heterocycles. The number of amides is 2. The van der Waals surface area contributed by atoms with E-state index in [1.807, 2.05) is 37.3 Å². The Kier molecular flexibility index (Phi) is 9.04. The van der Waals surface area contributed by atoms with Crippen LogP contribution < -0.4 is 30.6 Å². The molecule has 0 aliphatic carbocycles. The van der Waals surface area contributed by atoms with Crippen molar-refractivity contribution in [2.24, 2.45) is 5.73 Å². The van der Waals surface area contributed by atoms with E-state index in [9.17, 15) is 9.59 Å². The fraction of sp³-hybridized carbons (Fsp3) is 0.172. The molecular formula is C29H29N5O5. The van der Waals surface area contributed by atoms with Crippen molar-refractivity contribution in [1.29, 1.82) is 0 Å². The third-order valence-electron chi connectivity index (χ3n) is 5.64. The molecule has 0 aliphatic rings. The standard InChI is InChI=1S/C29H29N5O5/c1-3-38-25-15-13-20(17-26(25)37-2)21(30)18-28(35)39-24-12-8-7-11-23(24)31-29(36)32-27-16-14-22(33-34-27)19-9-5-4-6-10-19/h4-17,21H,3,18,30H2,1-2H3,(H2,31,32,34,36). The molecule has 0 spiro atoms. The highest BCUT2D eigenvalue weighted by Crippen LogP contribution is 2.31. The van der Waals surface area contributed by atoms with E-state index in [2.05, 4.69) is 20.8 Å². The molecule has 4 aromatic rings. The number of carbonyl (C=O) groups excluding carboxylic acids is 2. The number of nitrogens with zero attached hydrogens (tertiary/aromatic N) is 2.